The molecule has 0 saturated carbocycles. The summed E-state index contributed by atoms with van der Waals surface area (Å²) < 4.78 is 38.8. The molecule has 4 rings (SSSR count). The third kappa shape index (κ3) is 4.22. The highest BCUT2D eigenvalue weighted by atomic mass is 19.4. The summed E-state index contributed by atoms with van der Waals surface area (Å²) in [6, 6.07) is 11.7. The molecule has 0 spiro atoms. The predicted octanol–water partition coefficient (Wildman–Crippen LogP) is 4.98. The molecule has 3 nitrogen and oxygen atoms in total. The Bertz CT molecular complexity index is 1010. The lowest BCUT2D eigenvalue weighted by Crippen LogP contribution is -2.30. The first-order chi connectivity index (χ1) is 13.5. The Kier molecular flexibility index (Phi) is 5.13. The fourth-order valence-electron chi connectivity index (χ4n) is 3.52. The maximum atomic E-state index is 12.9. The third-order valence-electron chi connectivity index (χ3n) is 5.10. The van der Waals surface area contributed by atoms with Crippen molar-refractivity contribution in [2.45, 2.75) is 19.0 Å². The second kappa shape index (κ2) is 7.72. The molecule has 28 heavy (non-hydrogen) atoms. The van der Waals surface area contributed by atoms with E-state index in [2.05, 4.69) is 27.0 Å². The van der Waals surface area contributed by atoms with Crippen LogP contribution in [-0.4, -0.2) is 34.5 Å². The molecule has 0 aliphatic carbocycles. The molecule has 0 N–H and O–H groups in total. The minimum atomic E-state index is -4.30. The molecule has 2 aromatic carbocycles. The van der Waals surface area contributed by atoms with E-state index < -0.39 is 11.7 Å². The summed E-state index contributed by atoms with van der Waals surface area (Å²) in [5.74, 6) is 0. The van der Waals surface area contributed by atoms with E-state index in [1.165, 1.54) is 17.7 Å². The van der Waals surface area contributed by atoms with Crippen LogP contribution in [0.5, 0.6) is 0 Å². The summed E-state index contributed by atoms with van der Waals surface area (Å²) in [6.07, 6.45) is 2.77. The number of rotatable bonds is 4. The number of hydrogen-bond donors (Lipinski definition) is 0. The number of halogens is 3. The van der Waals surface area contributed by atoms with Crippen LogP contribution in [0.1, 0.15) is 23.1 Å². The Balaban J connectivity index is 1.38. The van der Waals surface area contributed by atoms with Gasteiger partial charge in [-0.2, -0.15) is 13.2 Å². The lowest BCUT2D eigenvalue weighted by Gasteiger charge is -2.26. The van der Waals surface area contributed by atoms with Crippen LogP contribution in [0.4, 0.5) is 13.2 Å². The van der Waals surface area contributed by atoms with Crippen LogP contribution in [0, 0.1) is 0 Å². The molecule has 144 valence electrons. The molecule has 1 aliphatic heterocycles. The second-order valence-corrected chi connectivity index (χ2v) is 6.99. The van der Waals surface area contributed by atoms with Gasteiger partial charge in [-0.05, 0) is 53.8 Å². The molecular formula is C22H20F3N3. The van der Waals surface area contributed by atoms with Crippen molar-refractivity contribution >= 4 is 16.6 Å². The van der Waals surface area contributed by atoms with Crippen molar-refractivity contribution in [3.63, 3.8) is 0 Å². The smallest absolute Gasteiger partial charge is 0.299 e. The Labute approximate surface area is 161 Å². The molecule has 2 heterocycles. The lowest BCUT2D eigenvalue weighted by molar-refractivity contribution is -0.137. The van der Waals surface area contributed by atoms with Gasteiger partial charge in [0.2, 0.25) is 0 Å². The van der Waals surface area contributed by atoms with Crippen LogP contribution in [0.2, 0.25) is 0 Å². The molecule has 0 radical (unpaired) electrons. The monoisotopic (exact) mass is 383 g/mol. The Morgan fingerprint density at radius 3 is 2.54 bits per heavy atom. The SMILES string of the molecule is FC(F)(F)c1cccc(C2=CCN(CCc3ccc4nccnc4c3)CC2)c1. The number of fused-ring (bicyclic) bond motifs is 1. The van der Waals surface area contributed by atoms with Crippen molar-refractivity contribution in [3.05, 3.63) is 77.6 Å². The van der Waals surface area contributed by atoms with E-state index in [4.69, 9.17) is 0 Å². The average molecular weight is 383 g/mol. The van der Waals surface area contributed by atoms with E-state index in [1.54, 1.807) is 18.5 Å². The fourth-order valence-corrected chi connectivity index (χ4v) is 3.52. The third-order valence-corrected chi connectivity index (χ3v) is 5.10. The standard InChI is InChI=1S/C22H20F3N3/c23-22(24,25)19-3-1-2-18(15-19)17-7-12-28(13-8-17)11-6-16-4-5-20-21(14-16)27-10-9-26-20/h1-5,7,9-10,14-15H,6,8,11-13H2. The van der Waals surface area contributed by atoms with Gasteiger partial charge in [0.15, 0.2) is 0 Å². The summed E-state index contributed by atoms with van der Waals surface area (Å²) in [7, 11) is 0. The first kappa shape index (κ1) is 18.6. The van der Waals surface area contributed by atoms with E-state index in [0.29, 0.717) is 5.56 Å². The average Bonchev–Trinajstić information content (AvgIpc) is 2.72. The van der Waals surface area contributed by atoms with Gasteiger partial charge in [-0.25, -0.2) is 0 Å². The van der Waals surface area contributed by atoms with E-state index >= 15 is 0 Å². The van der Waals surface area contributed by atoms with Crippen molar-refractivity contribution in [1.29, 1.82) is 0 Å². The predicted molar refractivity (Wildman–Crippen MR) is 104 cm³/mol. The van der Waals surface area contributed by atoms with Gasteiger partial charge in [-0.15, -0.1) is 0 Å². The Morgan fingerprint density at radius 2 is 1.79 bits per heavy atom. The minimum absolute atomic E-state index is 0.590. The Hall–Kier alpha value is -2.73. The molecule has 0 unspecified atom stereocenters. The maximum Gasteiger partial charge on any atom is 0.416 e. The van der Waals surface area contributed by atoms with Crippen molar-refractivity contribution in [1.82, 2.24) is 14.9 Å². The van der Waals surface area contributed by atoms with E-state index in [9.17, 15) is 13.2 Å². The van der Waals surface area contributed by atoms with Gasteiger partial charge in [0.05, 0.1) is 16.6 Å². The van der Waals surface area contributed by atoms with Gasteiger partial charge in [-0.3, -0.25) is 14.9 Å². The van der Waals surface area contributed by atoms with Crippen molar-refractivity contribution in [2.75, 3.05) is 19.6 Å². The van der Waals surface area contributed by atoms with Gasteiger partial charge in [0, 0.05) is 32.0 Å². The van der Waals surface area contributed by atoms with Crippen LogP contribution in [0.3, 0.4) is 0 Å². The topological polar surface area (TPSA) is 29.0 Å². The van der Waals surface area contributed by atoms with Crippen LogP contribution < -0.4 is 0 Å². The molecule has 1 aliphatic rings. The summed E-state index contributed by atoms with van der Waals surface area (Å²) >= 11 is 0. The quantitative estimate of drug-likeness (QED) is 0.636. The fraction of sp³-hybridized carbons (Fsp3) is 0.273. The molecule has 3 aromatic rings. The second-order valence-electron chi connectivity index (χ2n) is 6.99. The van der Waals surface area contributed by atoms with Gasteiger partial charge < -0.3 is 0 Å². The zero-order valence-electron chi connectivity index (χ0n) is 15.3. The van der Waals surface area contributed by atoms with Crippen molar-refractivity contribution in [2.24, 2.45) is 0 Å². The highest BCUT2D eigenvalue weighted by molar-refractivity contribution is 5.74. The first-order valence-electron chi connectivity index (χ1n) is 9.28. The normalized spacial score (nSPS) is 15.6. The summed E-state index contributed by atoms with van der Waals surface area (Å²) in [5.41, 5.74) is 4.06. The van der Waals surface area contributed by atoms with Crippen molar-refractivity contribution in [3.8, 4) is 0 Å². The highest BCUT2D eigenvalue weighted by Crippen LogP contribution is 2.32. The van der Waals surface area contributed by atoms with Gasteiger partial charge >= 0.3 is 6.18 Å². The summed E-state index contributed by atoms with van der Waals surface area (Å²) in [5, 5.41) is 0. The molecule has 1 aromatic heterocycles. The number of hydrogen-bond acceptors (Lipinski definition) is 3. The van der Waals surface area contributed by atoms with Crippen LogP contribution in [-0.2, 0) is 12.6 Å². The Morgan fingerprint density at radius 1 is 0.964 bits per heavy atom. The van der Waals surface area contributed by atoms with Crippen LogP contribution in [0.15, 0.2) is 60.9 Å². The zero-order chi connectivity index (χ0) is 19.6. The van der Waals surface area contributed by atoms with Crippen molar-refractivity contribution < 1.29 is 13.2 Å². The number of nitrogens with zero attached hydrogens (tertiary/aromatic N) is 3. The van der Waals surface area contributed by atoms with Crippen LogP contribution >= 0.6 is 0 Å². The maximum absolute atomic E-state index is 12.9. The minimum Gasteiger partial charge on any atom is -0.299 e. The molecule has 6 heteroatoms. The molecule has 0 fully saturated rings. The highest BCUT2D eigenvalue weighted by Gasteiger charge is 2.30. The molecule has 0 bridgehead atoms. The number of benzene rings is 2. The van der Waals surface area contributed by atoms with E-state index in [0.717, 1.165) is 55.1 Å². The first-order valence-corrected chi connectivity index (χ1v) is 9.28. The van der Waals surface area contributed by atoms with E-state index in [-0.39, 0.29) is 0 Å². The molecule has 0 atom stereocenters. The molecule has 0 saturated heterocycles. The summed E-state index contributed by atoms with van der Waals surface area (Å²) in [6.45, 7) is 2.49. The molecule has 0 amide bonds. The van der Waals surface area contributed by atoms with Crippen LogP contribution in [0.25, 0.3) is 16.6 Å². The van der Waals surface area contributed by atoms with Gasteiger partial charge in [0.1, 0.15) is 0 Å². The largest absolute Gasteiger partial charge is 0.416 e. The number of aromatic nitrogens is 2. The van der Waals surface area contributed by atoms with E-state index in [1.807, 2.05) is 12.1 Å². The lowest BCUT2D eigenvalue weighted by atomic mass is 9.97. The zero-order valence-corrected chi connectivity index (χ0v) is 15.3. The van der Waals surface area contributed by atoms with Gasteiger partial charge in [0.25, 0.3) is 0 Å². The number of alkyl halides is 3. The molecular weight excluding hydrogens is 363 g/mol. The van der Waals surface area contributed by atoms with Gasteiger partial charge in [-0.1, -0.05) is 24.3 Å². The summed E-state index contributed by atoms with van der Waals surface area (Å²) in [4.78, 5) is 10.9.